The highest BCUT2D eigenvalue weighted by atomic mass is 32.1. The van der Waals surface area contributed by atoms with E-state index in [9.17, 15) is 0 Å². The average molecular weight is 226 g/mol. The molecule has 1 rings (SSSR count). The monoisotopic (exact) mass is 226 g/mol. The van der Waals surface area contributed by atoms with Crippen LogP contribution in [0.3, 0.4) is 0 Å². The maximum absolute atomic E-state index is 3.21. The lowest BCUT2D eigenvalue weighted by molar-refractivity contribution is 0.279. The summed E-state index contributed by atoms with van der Waals surface area (Å²) in [6.45, 7) is 6.90. The van der Waals surface area contributed by atoms with E-state index in [1.54, 1.807) is 11.3 Å². The van der Waals surface area contributed by atoms with Crippen molar-refractivity contribution >= 4 is 11.3 Å². The number of nitrogens with one attached hydrogen (secondary N) is 1. The Labute approximate surface area is 97.3 Å². The van der Waals surface area contributed by atoms with Gasteiger partial charge in [0.15, 0.2) is 0 Å². The number of nitrogens with zero attached hydrogens (tertiary/aromatic N) is 1. The second-order valence-electron chi connectivity index (χ2n) is 3.83. The summed E-state index contributed by atoms with van der Waals surface area (Å²) in [6, 6.07) is 2.23. The van der Waals surface area contributed by atoms with Gasteiger partial charge in [-0.1, -0.05) is 6.92 Å². The smallest absolute Gasteiger partial charge is 0.0107 e. The molecule has 1 aromatic heterocycles. The third kappa shape index (κ3) is 5.30. The van der Waals surface area contributed by atoms with Crippen LogP contribution in [0.25, 0.3) is 0 Å². The zero-order valence-electron chi connectivity index (χ0n) is 9.83. The third-order valence-corrected chi connectivity index (χ3v) is 3.25. The van der Waals surface area contributed by atoms with Gasteiger partial charge in [-0.15, -0.1) is 0 Å². The van der Waals surface area contributed by atoms with Gasteiger partial charge in [0.1, 0.15) is 0 Å². The fourth-order valence-corrected chi connectivity index (χ4v) is 2.35. The van der Waals surface area contributed by atoms with Gasteiger partial charge in [-0.3, -0.25) is 0 Å². The summed E-state index contributed by atoms with van der Waals surface area (Å²) in [5, 5.41) is 7.62. The maximum Gasteiger partial charge on any atom is 0.0107 e. The van der Waals surface area contributed by atoms with E-state index in [1.807, 2.05) is 7.05 Å². The van der Waals surface area contributed by atoms with Gasteiger partial charge < -0.3 is 10.2 Å². The molecule has 3 heteroatoms. The molecule has 2 nitrogen and oxygen atoms in total. The molecule has 1 aromatic rings. The first kappa shape index (κ1) is 12.7. The van der Waals surface area contributed by atoms with E-state index in [4.69, 9.17) is 0 Å². The van der Waals surface area contributed by atoms with Crippen molar-refractivity contribution in [3.05, 3.63) is 22.4 Å². The van der Waals surface area contributed by atoms with Crippen LogP contribution in [0.2, 0.25) is 0 Å². The summed E-state index contributed by atoms with van der Waals surface area (Å²) in [7, 11) is 2.02. The van der Waals surface area contributed by atoms with Crippen LogP contribution in [0.5, 0.6) is 0 Å². The summed E-state index contributed by atoms with van der Waals surface area (Å²) in [6.07, 6.45) is 2.43. The molecule has 0 aliphatic carbocycles. The Balaban J connectivity index is 2.24. The standard InChI is InChI=1S/C12H22N2S/c1-3-7-14(9-6-13-2)8-4-12-5-10-15-11-12/h5,10-11,13H,3-4,6-9H2,1-2H3. The first-order valence-corrected chi connectivity index (χ1v) is 6.69. The third-order valence-electron chi connectivity index (χ3n) is 2.51. The molecule has 1 heterocycles. The Morgan fingerprint density at radius 1 is 1.33 bits per heavy atom. The van der Waals surface area contributed by atoms with E-state index in [2.05, 4.69) is 34.0 Å². The fraction of sp³-hybridized carbons (Fsp3) is 0.667. The molecule has 0 bridgehead atoms. The minimum absolute atomic E-state index is 1.09. The molecule has 0 aliphatic rings. The van der Waals surface area contributed by atoms with E-state index >= 15 is 0 Å². The average Bonchev–Trinajstić information content (AvgIpc) is 2.75. The highest BCUT2D eigenvalue weighted by molar-refractivity contribution is 7.07. The molecule has 0 amide bonds. The van der Waals surface area contributed by atoms with Crippen molar-refractivity contribution in [2.75, 3.05) is 33.2 Å². The van der Waals surface area contributed by atoms with Crippen LogP contribution in [0, 0.1) is 0 Å². The molecular formula is C12H22N2S. The van der Waals surface area contributed by atoms with Crippen molar-refractivity contribution in [1.82, 2.24) is 10.2 Å². The quantitative estimate of drug-likeness (QED) is 0.731. The van der Waals surface area contributed by atoms with Crippen LogP contribution in [0.15, 0.2) is 16.8 Å². The van der Waals surface area contributed by atoms with Crippen molar-refractivity contribution < 1.29 is 0 Å². The summed E-state index contributed by atoms with van der Waals surface area (Å²) in [5.74, 6) is 0. The van der Waals surface area contributed by atoms with Gasteiger partial charge in [-0.05, 0) is 48.8 Å². The minimum Gasteiger partial charge on any atom is -0.318 e. The van der Waals surface area contributed by atoms with Gasteiger partial charge in [-0.25, -0.2) is 0 Å². The SMILES string of the molecule is CCCN(CCNC)CCc1ccsc1. The van der Waals surface area contributed by atoms with Gasteiger partial charge in [0.2, 0.25) is 0 Å². The Bertz CT molecular complexity index is 234. The lowest BCUT2D eigenvalue weighted by atomic mass is 10.2. The van der Waals surface area contributed by atoms with E-state index in [0.717, 1.165) is 13.1 Å². The van der Waals surface area contributed by atoms with Crippen molar-refractivity contribution in [3.63, 3.8) is 0 Å². The predicted octanol–water partition coefficient (Wildman–Crippen LogP) is 2.22. The lowest BCUT2D eigenvalue weighted by Crippen LogP contribution is -2.33. The molecular weight excluding hydrogens is 204 g/mol. The molecule has 0 saturated carbocycles. The van der Waals surface area contributed by atoms with Crippen LogP contribution in [0.1, 0.15) is 18.9 Å². The molecule has 86 valence electrons. The number of rotatable bonds is 8. The van der Waals surface area contributed by atoms with Gasteiger partial charge in [-0.2, -0.15) is 11.3 Å². The Morgan fingerprint density at radius 2 is 2.20 bits per heavy atom. The van der Waals surface area contributed by atoms with E-state index < -0.39 is 0 Å². The number of hydrogen-bond donors (Lipinski definition) is 1. The van der Waals surface area contributed by atoms with Crippen molar-refractivity contribution in [2.24, 2.45) is 0 Å². The van der Waals surface area contributed by atoms with E-state index in [0.29, 0.717) is 0 Å². The highest BCUT2D eigenvalue weighted by Crippen LogP contribution is 2.07. The second kappa shape index (κ2) is 7.85. The van der Waals surface area contributed by atoms with Crippen LogP contribution in [-0.4, -0.2) is 38.1 Å². The zero-order chi connectivity index (χ0) is 10.9. The predicted molar refractivity (Wildman–Crippen MR) is 68.7 cm³/mol. The number of hydrogen-bond acceptors (Lipinski definition) is 3. The van der Waals surface area contributed by atoms with Gasteiger partial charge in [0.05, 0.1) is 0 Å². The fourth-order valence-electron chi connectivity index (χ4n) is 1.64. The molecule has 0 aliphatic heterocycles. The molecule has 0 radical (unpaired) electrons. The van der Waals surface area contributed by atoms with Gasteiger partial charge >= 0.3 is 0 Å². The van der Waals surface area contributed by atoms with E-state index in [-0.39, 0.29) is 0 Å². The minimum atomic E-state index is 1.09. The highest BCUT2D eigenvalue weighted by Gasteiger charge is 2.03. The molecule has 0 aromatic carbocycles. The second-order valence-corrected chi connectivity index (χ2v) is 4.61. The van der Waals surface area contributed by atoms with Crippen molar-refractivity contribution in [1.29, 1.82) is 0 Å². The number of likely N-dealkylation sites (N-methyl/N-ethyl adjacent to an activating group) is 1. The molecule has 0 fully saturated rings. The largest absolute Gasteiger partial charge is 0.318 e. The van der Waals surface area contributed by atoms with E-state index in [1.165, 1.54) is 31.5 Å². The van der Waals surface area contributed by atoms with Crippen LogP contribution >= 0.6 is 11.3 Å². The maximum atomic E-state index is 3.21. The summed E-state index contributed by atoms with van der Waals surface area (Å²) in [4.78, 5) is 2.54. The normalized spacial score (nSPS) is 11.1. The summed E-state index contributed by atoms with van der Waals surface area (Å²) < 4.78 is 0. The Morgan fingerprint density at radius 3 is 2.80 bits per heavy atom. The molecule has 0 spiro atoms. The molecule has 15 heavy (non-hydrogen) atoms. The molecule has 0 unspecified atom stereocenters. The van der Waals surface area contributed by atoms with Crippen LogP contribution in [0.4, 0.5) is 0 Å². The molecule has 0 saturated heterocycles. The van der Waals surface area contributed by atoms with Gasteiger partial charge in [0.25, 0.3) is 0 Å². The first-order chi connectivity index (χ1) is 7.36. The Kier molecular flexibility index (Phi) is 6.64. The Hall–Kier alpha value is -0.380. The molecule has 0 atom stereocenters. The van der Waals surface area contributed by atoms with Crippen LogP contribution < -0.4 is 5.32 Å². The summed E-state index contributed by atoms with van der Waals surface area (Å²) in [5.41, 5.74) is 1.48. The topological polar surface area (TPSA) is 15.3 Å². The van der Waals surface area contributed by atoms with Crippen LogP contribution in [-0.2, 0) is 6.42 Å². The van der Waals surface area contributed by atoms with Gasteiger partial charge in [0, 0.05) is 19.6 Å². The first-order valence-electron chi connectivity index (χ1n) is 5.74. The lowest BCUT2D eigenvalue weighted by Gasteiger charge is -2.21. The zero-order valence-corrected chi connectivity index (χ0v) is 10.6. The molecule has 1 N–H and O–H groups in total. The summed E-state index contributed by atoms with van der Waals surface area (Å²) >= 11 is 1.79. The van der Waals surface area contributed by atoms with Crippen molar-refractivity contribution in [3.8, 4) is 0 Å². The van der Waals surface area contributed by atoms with Crippen molar-refractivity contribution in [2.45, 2.75) is 19.8 Å². The number of thiophene rings is 1.